The Morgan fingerprint density at radius 2 is 2.24 bits per heavy atom. The summed E-state index contributed by atoms with van der Waals surface area (Å²) in [6.45, 7) is 2.58. The molecular weight excluding hydrogens is 324 g/mol. The first-order valence-corrected chi connectivity index (χ1v) is 8.93. The molecule has 1 saturated carbocycles. The van der Waals surface area contributed by atoms with Gasteiger partial charge in [0.05, 0.1) is 12.5 Å². The van der Waals surface area contributed by atoms with Crippen LogP contribution in [0.25, 0.3) is 0 Å². The van der Waals surface area contributed by atoms with E-state index in [9.17, 15) is 14.7 Å². The standard InChI is InChI=1S/C17H26N4O4/c1-10-6-12(4-5-21(10)16(23)7-13(22)9-18)19-17(24)14-8-15(25-20-14)11-2-3-11/h8,10-13,22H,2-7,9,18H2,1H3,(H,19,24)/t10-,12-,13?/m1/s1. The summed E-state index contributed by atoms with van der Waals surface area (Å²) in [5.41, 5.74) is 5.68. The number of nitrogens with zero attached hydrogens (tertiary/aromatic N) is 2. The third-order valence-corrected chi connectivity index (χ3v) is 4.95. The predicted molar refractivity (Wildman–Crippen MR) is 89.8 cm³/mol. The van der Waals surface area contributed by atoms with Gasteiger partial charge in [0.2, 0.25) is 5.91 Å². The van der Waals surface area contributed by atoms with Crippen LogP contribution >= 0.6 is 0 Å². The molecule has 4 N–H and O–H groups in total. The maximum Gasteiger partial charge on any atom is 0.273 e. The molecule has 2 aliphatic rings. The summed E-state index contributed by atoms with van der Waals surface area (Å²) in [7, 11) is 0. The normalized spacial score (nSPS) is 24.8. The minimum absolute atomic E-state index is 0.00383. The Morgan fingerprint density at radius 1 is 1.48 bits per heavy atom. The largest absolute Gasteiger partial charge is 0.391 e. The molecule has 138 valence electrons. The first kappa shape index (κ1) is 17.9. The van der Waals surface area contributed by atoms with Crippen molar-refractivity contribution in [2.75, 3.05) is 13.1 Å². The zero-order valence-corrected chi connectivity index (χ0v) is 14.5. The van der Waals surface area contributed by atoms with Crippen LogP contribution in [0.15, 0.2) is 10.6 Å². The molecule has 2 amide bonds. The van der Waals surface area contributed by atoms with Gasteiger partial charge in [-0.1, -0.05) is 5.16 Å². The molecule has 0 spiro atoms. The van der Waals surface area contributed by atoms with Gasteiger partial charge in [-0.2, -0.15) is 0 Å². The summed E-state index contributed by atoms with van der Waals surface area (Å²) in [6, 6.07) is 1.71. The van der Waals surface area contributed by atoms with Gasteiger partial charge in [0.15, 0.2) is 5.69 Å². The predicted octanol–water partition coefficient (Wildman–Crippen LogP) is 0.371. The second-order valence-corrected chi connectivity index (χ2v) is 7.11. The van der Waals surface area contributed by atoms with Gasteiger partial charge < -0.3 is 25.6 Å². The molecule has 3 rings (SSSR count). The molecule has 1 aliphatic heterocycles. The molecule has 1 aromatic heterocycles. The van der Waals surface area contributed by atoms with Crippen LogP contribution < -0.4 is 11.1 Å². The van der Waals surface area contributed by atoms with Crippen LogP contribution in [-0.2, 0) is 4.79 Å². The van der Waals surface area contributed by atoms with Crippen LogP contribution in [0.1, 0.15) is 61.2 Å². The highest BCUT2D eigenvalue weighted by molar-refractivity contribution is 5.92. The number of hydrogen-bond donors (Lipinski definition) is 3. The molecule has 1 aromatic rings. The number of piperidine rings is 1. The van der Waals surface area contributed by atoms with Crippen molar-refractivity contribution in [3.63, 3.8) is 0 Å². The van der Waals surface area contributed by atoms with E-state index >= 15 is 0 Å². The number of carbonyl (C=O) groups is 2. The van der Waals surface area contributed by atoms with Gasteiger partial charge in [0.1, 0.15) is 5.76 Å². The van der Waals surface area contributed by atoms with Crippen molar-refractivity contribution in [2.24, 2.45) is 5.73 Å². The van der Waals surface area contributed by atoms with Gasteiger partial charge in [-0.05, 0) is 32.6 Å². The zero-order valence-electron chi connectivity index (χ0n) is 14.5. The minimum Gasteiger partial charge on any atom is -0.391 e. The highest BCUT2D eigenvalue weighted by Gasteiger charge is 2.32. The number of aliphatic hydroxyl groups excluding tert-OH is 1. The van der Waals surface area contributed by atoms with E-state index < -0.39 is 6.10 Å². The average molecular weight is 350 g/mol. The van der Waals surface area contributed by atoms with Crippen LogP contribution in [0.2, 0.25) is 0 Å². The van der Waals surface area contributed by atoms with Crippen LogP contribution in [0.4, 0.5) is 0 Å². The molecule has 25 heavy (non-hydrogen) atoms. The van der Waals surface area contributed by atoms with Crippen molar-refractivity contribution < 1.29 is 19.2 Å². The number of aromatic nitrogens is 1. The summed E-state index contributed by atoms with van der Waals surface area (Å²) >= 11 is 0. The fraction of sp³-hybridized carbons (Fsp3) is 0.706. The lowest BCUT2D eigenvalue weighted by Crippen LogP contribution is -2.51. The Labute approximate surface area is 146 Å². The van der Waals surface area contributed by atoms with Gasteiger partial charge in [-0.3, -0.25) is 9.59 Å². The van der Waals surface area contributed by atoms with Crippen molar-refractivity contribution in [2.45, 2.75) is 63.1 Å². The van der Waals surface area contributed by atoms with Crippen LogP contribution in [0.3, 0.4) is 0 Å². The summed E-state index contributed by atoms with van der Waals surface area (Å²) in [5, 5.41) is 16.4. The van der Waals surface area contributed by atoms with Crippen LogP contribution in [-0.4, -0.2) is 58.3 Å². The maximum absolute atomic E-state index is 12.3. The number of nitrogens with two attached hydrogens (primary N) is 1. The monoisotopic (exact) mass is 350 g/mol. The maximum atomic E-state index is 12.3. The molecular formula is C17H26N4O4. The Kier molecular flexibility index (Phi) is 5.39. The second kappa shape index (κ2) is 7.53. The van der Waals surface area contributed by atoms with Crippen molar-refractivity contribution in [1.82, 2.24) is 15.4 Å². The molecule has 8 nitrogen and oxygen atoms in total. The molecule has 2 heterocycles. The first-order valence-electron chi connectivity index (χ1n) is 8.93. The van der Waals surface area contributed by atoms with Crippen molar-refractivity contribution in [3.05, 3.63) is 17.5 Å². The Morgan fingerprint density at radius 3 is 2.88 bits per heavy atom. The van der Waals surface area contributed by atoms with Crippen molar-refractivity contribution in [3.8, 4) is 0 Å². The summed E-state index contributed by atoms with van der Waals surface area (Å²) in [4.78, 5) is 26.3. The molecule has 1 saturated heterocycles. The van der Waals surface area contributed by atoms with E-state index in [1.165, 1.54) is 0 Å². The number of aliphatic hydroxyl groups is 1. The number of hydrogen-bond acceptors (Lipinski definition) is 6. The highest BCUT2D eigenvalue weighted by Crippen LogP contribution is 2.40. The molecule has 1 aliphatic carbocycles. The van der Waals surface area contributed by atoms with E-state index in [0.29, 0.717) is 31.0 Å². The topological polar surface area (TPSA) is 122 Å². The third-order valence-electron chi connectivity index (χ3n) is 4.95. The third kappa shape index (κ3) is 4.38. The van der Waals surface area contributed by atoms with E-state index in [0.717, 1.165) is 18.6 Å². The van der Waals surface area contributed by atoms with Gasteiger partial charge in [-0.25, -0.2) is 0 Å². The fourth-order valence-corrected chi connectivity index (χ4v) is 3.29. The van der Waals surface area contributed by atoms with E-state index in [1.807, 2.05) is 6.92 Å². The Hall–Kier alpha value is -1.93. The SMILES string of the molecule is C[C@@H]1C[C@H](NC(=O)c2cc(C3CC3)on2)CCN1C(=O)CC(O)CN. The molecule has 1 unspecified atom stereocenters. The van der Waals surface area contributed by atoms with E-state index in [4.69, 9.17) is 10.3 Å². The Bertz CT molecular complexity index is 628. The van der Waals surface area contributed by atoms with Gasteiger partial charge in [-0.15, -0.1) is 0 Å². The summed E-state index contributed by atoms with van der Waals surface area (Å²) < 4.78 is 5.22. The lowest BCUT2D eigenvalue weighted by molar-refractivity contribution is -0.136. The van der Waals surface area contributed by atoms with E-state index in [1.54, 1.807) is 11.0 Å². The van der Waals surface area contributed by atoms with Crippen molar-refractivity contribution >= 4 is 11.8 Å². The van der Waals surface area contributed by atoms with E-state index in [-0.39, 0.29) is 36.9 Å². The molecule has 2 fully saturated rings. The molecule has 3 atom stereocenters. The van der Waals surface area contributed by atoms with Crippen LogP contribution in [0, 0.1) is 0 Å². The summed E-state index contributed by atoms with van der Waals surface area (Å²) in [5.74, 6) is 0.886. The van der Waals surface area contributed by atoms with Gasteiger partial charge in [0.25, 0.3) is 5.91 Å². The zero-order chi connectivity index (χ0) is 18.0. The molecule has 8 heteroatoms. The molecule has 0 bridgehead atoms. The number of amides is 2. The Balaban J connectivity index is 1.50. The number of rotatable bonds is 6. The van der Waals surface area contributed by atoms with Gasteiger partial charge >= 0.3 is 0 Å². The minimum atomic E-state index is -0.801. The molecule has 0 aromatic carbocycles. The van der Waals surface area contributed by atoms with Crippen LogP contribution in [0.5, 0.6) is 0 Å². The smallest absolute Gasteiger partial charge is 0.273 e. The lowest BCUT2D eigenvalue weighted by Gasteiger charge is -2.38. The lowest BCUT2D eigenvalue weighted by atomic mass is 9.97. The number of carbonyl (C=O) groups excluding carboxylic acids is 2. The number of likely N-dealkylation sites (tertiary alicyclic amines) is 1. The van der Waals surface area contributed by atoms with Crippen molar-refractivity contribution in [1.29, 1.82) is 0 Å². The quantitative estimate of drug-likeness (QED) is 0.681. The van der Waals surface area contributed by atoms with Gasteiger partial charge in [0, 0.05) is 37.2 Å². The number of nitrogens with one attached hydrogen (secondary N) is 1. The average Bonchev–Trinajstić information content (AvgIpc) is 3.31. The fourth-order valence-electron chi connectivity index (χ4n) is 3.29. The highest BCUT2D eigenvalue weighted by atomic mass is 16.5. The van der Waals surface area contributed by atoms with E-state index in [2.05, 4.69) is 10.5 Å². The molecule has 0 radical (unpaired) electrons. The second-order valence-electron chi connectivity index (χ2n) is 7.11. The first-order chi connectivity index (χ1) is 12.0. The summed E-state index contributed by atoms with van der Waals surface area (Å²) in [6.07, 6.45) is 2.78.